The summed E-state index contributed by atoms with van der Waals surface area (Å²) in [6, 6.07) is 6.32. The zero-order chi connectivity index (χ0) is 17.7. The molecule has 0 spiro atoms. The molecule has 8 heteroatoms. The summed E-state index contributed by atoms with van der Waals surface area (Å²) in [6.07, 6.45) is 1.86. The molecule has 3 rings (SSSR count). The molecular formula is C16H20BN3O4. The molecule has 1 aliphatic heterocycles. The fourth-order valence-corrected chi connectivity index (χ4v) is 2.61. The largest absolute Gasteiger partial charge is 0.498 e. The van der Waals surface area contributed by atoms with Crippen LogP contribution in [0.2, 0.25) is 0 Å². The highest BCUT2D eigenvalue weighted by atomic mass is 16.7. The number of nitrogens with zero attached hydrogens (tertiary/aromatic N) is 3. The molecule has 1 aliphatic rings. The van der Waals surface area contributed by atoms with Gasteiger partial charge in [0.05, 0.1) is 21.8 Å². The number of nitro groups is 1. The zero-order valence-electron chi connectivity index (χ0n) is 14.4. The fourth-order valence-electron chi connectivity index (χ4n) is 2.61. The second kappa shape index (κ2) is 5.42. The normalized spacial score (nSPS) is 18.8. The van der Waals surface area contributed by atoms with Crippen molar-refractivity contribution in [1.82, 2.24) is 9.78 Å². The molecular weight excluding hydrogens is 309 g/mol. The second-order valence-electron chi connectivity index (χ2n) is 7.00. The topological polar surface area (TPSA) is 79.4 Å². The van der Waals surface area contributed by atoms with Crippen LogP contribution in [0.4, 0.5) is 5.69 Å². The maximum absolute atomic E-state index is 10.8. The quantitative estimate of drug-likeness (QED) is 0.490. The SMILES string of the molecule is Cn1cc(B2OC(C)(C)C(C)(C)O2)c(-c2ccc([N+](=O)[O-])cc2)n1. The summed E-state index contributed by atoms with van der Waals surface area (Å²) < 4.78 is 13.9. The van der Waals surface area contributed by atoms with E-state index in [1.54, 1.807) is 16.8 Å². The fraction of sp³-hybridized carbons (Fsp3) is 0.438. The summed E-state index contributed by atoms with van der Waals surface area (Å²) in [6.45, 7) is 7.98. The summed E-state index contributed by atoms with van der Waals surface area (Å²) in [4.78, 5) is 10.4. The van der Waals surface area contributed by atoms with E-state index in [4.69, 9.17) is 9.31 Å². The van der Waals surface area contributed by atoms with Crippen molar-refractivity contribution in [3.05, 3.63) is 40.6 Å². The minimum absolute atomic E-state index is 0.0480. The van der Waals surface area contributed by atoms with Crippen molar-refractivity contribution >= 4 is 18.3 Å². The van der Waals surface area contributed by atoms with Crippen molar-refractivity contribution in [3.63, 3.8) is 0 Å². The first kappa shape index (κ1) is 16.7. The molecule has 126 valence electrons. The van der Waals surface area contributed by atoms with Gasteiger partial charge in [-0.1, -0.05) is 0 Å². The molecule has 0 saturated carbocycles. The van der Waals surface area contributed by atoms with E-state index in [0.717, 1.165) is 11.0 Å². The highest BCUT2D eigenvalue weighted by Crippen LogP contribution is 2.37. The van der Waals surface area contributed by atoms with Gasteiger partial charge in [0.15, 0.2) is 0 Å². The summed E-state index contributed by atoms with van der Waals surface area (Å²) >= 11 is 0. The molecule has 24 heavy (non-hydrogen) atoms. The van der Waals surface area contributed by atoms with Crippen LogP contribution in [0.15, 0.2) is 30.5 Å². The maximum Gasteiger partial charge on any atom is 0.498 e. The Hall–Kier alpha value is -2.19. The van der Waals surface area contributed by atoms with Crippen LogP contribution in [0.1, 0.15) is 27.7 Å². The smallest absolute Gasteiger partial charge is 0.399 e. The minimum Gasteiger partial charge on any atom is -0.399 e. The average Bonchev–Trinajstić information content (AvgIpc) is 2.97. The molecule has 0 radical (unpaired) electrons. The lowest BCUT2D eigenvalue weighted by atomic mass is 9.78. The molecule has 0 aliphatic carbocycles. The highest BCUT2D eigenvalue weighted by Gasteiger charge is 2.52. The molecule has 7 nitrogen and oxygen atoms in total. The Kier molecular flexibility index (Phi) is 3.77. The maximum atomic E-state index is 10.8. The third-order valence-corrected chi connectivity index (χ3v) is 4.72. The lowest BCUT2D eigenvalue weighted by Crippen LogP contribution is -2.41. The first-order valence-electron chi connectivity index (χ1n) is 7.75. The third kappa shape index (κ3) is 2.72. The predicted octanol–water partition coefficient (Wildman–Crippen LogP) is 2.29. The minimum atomic E-state index is -0.533. The number of aromatic nitrogens is 2. The number of rotatable bonds is 3. The van der Waals surface area contributed by atoms with Crippen molar-refractivity contribution < 1.29 is 14.2 Å². The molecule has 0 atom stereocenters. The molecule has 1 fully saturated rings. The van der Waals surface area contributed by atoms with Crippen molar-refractivity contribution in [2.24, 2.45) is 7.05 Å². The highest BCUT2D eigenvalue weighted by molar-refractivity contribution is 6.63. The molecule has 0 N–H and O–H groups in total. The number of nitro benzene ring substituents is 1. The van der Waals surface area contributed by atoms with E-state index < -0.39 is 23.2 Å². The van der Waals surface area contributed by atoms with Gasteiger partial charge in [-0.05, 0) is 39.8 Å². The summed E-state index contributed by atoms with van der Waals surface area (Å²) in [5.41, 5.74) is 1.45. The van der Waals surface area contributed by atoms with Crippen LogP contribution < -0.4 is 5.46 Å². The van der Waals surface area contributed by atoms with Gasteiger partial charge >= 0.3 is 7.12 Å². The van der Waals surface area contributed by atoms with E-state index in [-0.39, 0.29) is 5.69 Å². The average molecular weight is 329 g/mol. The number of aryl methyl sites for hydroxylation is 1. The molecule has 2 aromatic rings. The Labute approximate surface area is 140 Å². The Bertz CT molecular complexity index is 767. The van der Waals surface area contributed by atoms with E-state index in [1.165, 1.54) is 12.1 Å². The number of hydrogen-bond acceptors (Lipinski definition) is 5. The molecule has 0 amide bonds. The van der Waals surface area contributed by atoms with Crippen LogP contribution in [-0.4, -0.2) is 33.0 Å². The zero-order valence-corrected chi connectivity index (χ0v) is 14.4. The standard InChI is InChI=1S/C16H20BN3O4/c1-15(2)16(3,4)24-17(23-15)13-10-19(5)18-14(13)11-6-8-12(9-7-11)20(21)22/h6-10H,1-5H3. The van der Waals surface area contributed by atoms with Gasteiger partial charge in [0.2, 0.25) is 0 Å². The van der Waals surface area contributed by atoms with Gasteiger partial charge in [0, 0.05) is 36.4 Å². The summed E-state index contributed by atoms with van der Waals surface area (Å²) in [5, 5.41) is 15.3. The monoisotopic (exact) mass is 329 g/mol. The van der Waals surface area contributed by atoms with Crippen LogP contribution in [-0.2, 0) is 16.4 Å². The van der Waals surface area contributed by atoms with E-state index >= 15 is 0 Å². The van der Waals surface area contributed by atoms with E-state index in [2.05, 4.69) is 5.10 Å². The Morgan fingerprint density at radius 3 is 2.17 bits per heavy atom. The summed E-state index contributed by atoms with van der Waals surface area (Å²) in [5.74, 6) is 0. The second-order valence-corrected chi connectivity index (χ2v) is 7.00. The van der Waals surface area contributed by atoms with Gasteiger partial charge in [-0.15, -0.1) is 0 Å². The Balaban J connectivity index is 1.99. The lowest BCUT2D eigenvalue weighted by molar-refractivity contribution is -0.384. The molecule has 2 heterocycles. The van der Waals surface area contributed by atoms with Crippen molar-refractivity contribution in [1.29, 1.82) is 0 Å². The molecule has 0 unspecified atom stereocenters. The number of non-ortho nitro benzene ring substituents is 1. The van der Waals surface area contributed by atoms with E-state index in [0.29, 0.717) is 5.69 Å². The van der Waals surface area contributed by atoms with Gasteiger partial charge < -0.3 is 9.31 Å². The summed E-state index contributed by atoms with van der Waals surface area (Å²) in [7, 11) is 1.29. The lowest BCUT2D eigenvalue weighted by Gasteiger charge is -2.32. The third-order valence-electron chi connectivity index (χ3n) is 4.72. The van der Waals surface area contributed by atoms with Crippen molar-refractivity contribution in [2.45, 2.75) is 38.9 Å². The van der Waals surface area contributed by atoms with Crippen LogP contribution in [0.25, 0.3) is 11.3 Å². The molecule has 1 saturated heterocycles. The molecule has 1 aromatic heterocycles. The first-order chi connectivity index (χ1) is 11.1. The molecule has 0 bridgehead atoms. The Morgan fingerprint density at radius 1 is 1.12 bits per heavy atom. The Morgan fingerprint density at radius 2 is 1.67 bits per heavy atom. The van der Waals surface area contributed by atoms with Gasteiger partial charge in [-0.2, -0.15) is 5.10 Å². The van der Waals surface area contributed by atoms with Gasteiger partial charge in [-0.3, -0.25) is 14.8 Å². The van der Waals surface area contributed by atoms with E-state index in [9.17, 15) is 10.1 Å². The number of benzene rings is 1. The van der Waals surface area contributed by atoms with Crippen molar-refractivity contribution in [2.75, 3.05) is 0 Å². The van der Waals surface area contributed by atoms with Crippen molar-refractivity contribution in [3.8, 4) is 11.3 Å². The number of hydrogen-bond donors (Lipinski definition) is 0. The van der Waals surface area contributed by atoms with Crippen LogP contribution in [0.5, 0.6) is 0 Å². The van der Waals surface area contributed by atoms with Crippen LogP contribution in [0.3, 0.4) is 0 Å². The predicted molar refractivity (Wildman–Crippen MR) is 91.0 cm³/mol. The van der Waals surface area contributed by atoms with Gasteiger partial charge in [-0.25, -0.2) is 0 Å². The van der Waals surface area contributed by atoms with E-state index in [1.807, 2.05) is 40.9 Å². The first-order valence-corrected chi connectivity index (χ1v) is 7.75. The molecule has 1 aromatic carbocycles. The van der Waals surface area contributed by atoms with Gasteiger partial charge in [0.25, 0.3) is 5.69 Å². The van der Waals surface area contributed by atoms with Crippen LogP contribution >= 0.6 is 0 Å². The van der Waals surface area contributed by atoms with Crippen LogP contribution in [0, 0.1) is 10.1 Å². The van der Waals surface area contributed by atoms with Gasteiger partial charge in [0.1, 0.15) is 0 Å².